The number of Topliss-reactive ketones (excluding diaryl/α,β-unsaturated/α-hetero) is 1. The fourth-order valence-electron chi connectivity index (χ4n) is 0.931. The molecule has 0 unspecified atom stereocenters. The van der Waals surface area contributed by atoms with E-state index in [1.807, 2.05) is 0 Å². The topological polar surface area (TPSA) is 70.1 Å². The van der Waals surface area contributed by atoms with Crippen molar-refractivity contribution in [2.45, 2.75) is 0 Å². The quantitative estimate of drug-likeness (QED) is 0.619. The smallest absolute Gasteiger partial charge is 0.204 e. The average molecular weight is 187 g/mol. The van der Waals surface area contributed by atoms with Crippen molar-refractivity contribution in [1.29, 1.82) is 0 Å². The third-order valence-electron chi connectivity index (χ3n) is 1.45. The zero-order chi connectivity index (χ0) is 7.68. The number of anilines is 1. The van der Waals surface area contributed by atoms with Crippen LogP contribution in [0.5, 0.6) is 0 Å². The number of aromatic amines is 1. The molecule has 12 heavy (non-hydrogen) atoms. The summed E-state index contributed by atoms with van der Waals surface area (Å²) in [6.45, 7) is 0.183. The molecule has 6 heteroatoms. The molecule has 2 N–H and O–H groups in total. The predicted octanol–water partition coefficient (Wildman–Crippen LogP) is 0.468. The Labute approximate surface area is 74.7 Å². The molecule has 0 saturated carbocycles. The Bertz CT molecular complexity index is 319. The number of H-pyrrole nitrogens is 1. The molecule has 1 aromatic heterocycles. The second-order valence-electron chi connectivity index (χ2n) is 2.16. The van der Waals surface area contributed by atoms with Gasteiger partial charge in [-0.25, -0.2) is 4.98 Å². The largest absolute Gasteiger partial charge is 0.340 e. The molecular weight excluding hydrogens is 180 g/mol. The minimum Gasteiger partial charge on any atom is -0.340 e. The number of imidazole rings is 1. The summed E-state index contributed by atoms with van der Waals surface area (Å²) < 4.78 is 0. The van der Waals surface area contributed by atoms with E-state index < -0.39 is 0 Å². The molecule has 64 valence electrons. The molecule has 0 saturated heterocycles. The monoisotopic (exact) mass is 186 g/mol. The van der Waals surface area contributed by atoms with Gasteiger partial charge in [-0.05, 0) is 0 Å². The van der Waals surface area contributed by atoms with Crippen molar-refractivity contribution in [1.82, 2.24) is 9.97 Å². The van der Waals surface area contributed by atoms with E-state index in [1.54, 1.807) is 0 Å². The van der Waals surface area contributed by atoms with Gasteiger partial charge in [-0.1, -0.05) is 0 Å². The maximum atomic E-state index is 11.1. The van der Waals surface area contributed by atoms with Crippen LogP contribution in [-0.4, -0.2) is 28.6 Å². The van der Waals surface area contributed by atoms with Crippen LogP contribution in [0.4, 0.5) is 5.82 Å². The number of halogens is 1. The highest BCUT2D eigenvalue weighted by Gasteiger charge is 2.14. The summed E-state index contributed by atoms with van der Waals surface area (Å²) >= 11 is 0. The van der Waals surface area contributed by atoms with E-state index in [9.17, 15) is 4.79 Å². The molecule has 0 aromatic carbocycles. The fourth-order valence-corrected chi connectivity index (χ4v) is 0.931. The molecule has 1 aliphatic rings. The van der Waals surface area contributed by atoms with Crippen LogP contribution in [-0.2, 0) is 0 Å². The normalized spacial score (nSPS) is 14.2. The minimum atomic E-state index is -0.0428. The van der Waals surface area contributed by atoms with Crippen molar-refractivity contribution in [3.05, 3.63) is 12.0 Å². The van der Waals surface area contributed by atoms with E-state index in [4.69, 9.17) is 0 Å². The van der Waals surface area contributed by atoms with Gasteiger partial charge in [0, 0.05) is 0 Å². The van der Waals surface area contributed by atoms with E-state index in [0.717, 1.165) is 0 Å². The van der Waals surface area contributed by atoms with Crippen LogP contribution in [0.25, 0.3) is 0 Å². The van der Waals surface area contributed by atoms with Gasteiger partial charge in [0.2, 0.25) is 5.78 Å². The molecule has 0 atom stereocenters. The highest BCUT2D eigenvalue weighted by molar-refractivity contribution is 6.03. The zero-order valence-electron chi connectivity index (χ0n) is 6.07. The van der Waals surface area contributed by atoms with Gasteiger partial charge in [-0.2, -0.15) is 0 Å². The Hall–Kier alpha value is -1.36. The van der Waals surface area contributed by atoms with E-state index >= 15 is 0 Å². The molecular formula is C6H7ClN4O. The maximum absolute atomic E-state index is 11.1. The first-order valence-corrected chi connectivity index (χ1v) is 3.19. The van der Waals surface area contributed by atoms with Gasteiger partial charge in [0.15, 0.2) is 5.82 Å². The van der Waals surface area contributed by atoms with Crippen molar-refractivity contribution in [3.63, 3.8) is 0 Å². The van der Waals surface area contributed by atoms with Crippen molar-refractivity contribution >= 4 is 30.3 Å². The van der Waals surface area contributed by atoms with E-state index in [0.29, 0.717) is 11.5 Å². The van der Waals surface area contributed by atoms with E-state index in [-0.39, 0.29) is 24.7 Å². The molecule has 5 nitrogen and oxygen atoms in total. The highest BCUT2D eigenvalue weighted by Crippen LogP contribution is 2.10. The summed E-state index contributed by atoms with van der Waals surface area (Å²) in [6.07, 6.45) is 2.96. The number of nitrogens with one attached hydrogen (secondary N) is 2. The van der Waals surface area contributed by atoms with Gasteiger partial charge in [0.05, 0.1) is 12.7 Å². The first-order chi connectivity index (χ1) is 5.38. The average Bonchev–Trinajstić information content (AvgIpc) is 2.40. The second-order valence-corrected chi connectivity index (χ2v) is 2.16. The lowest BCUT2D eigenvalue weighted by atomic mass is 10.3. The molecule has 0 spiro atoms. The molecule has 2 rings (SSSR count). The lowest BCUT2D eigenvalue weighted by Crippen LogP contribution is -2.03. The Morgan fingerprint density at radius 2 is 2.33 bits per heavy atom. The Morgan fingerprint density at radius 1 is 1.50 bits per heavy atom. The molecule has 2 heterocycles. The third-order valence-corrected chi connectivity index (χ3v) is 1.45. The van der Waals surface area contributed by atoms with Crippen molar-refractivity contribution < 1.29 is 4.79 Å². The first kappa shape index (κ1) is 8.73. The van der Waals surface area contributed by atoms with Crippen LogP contribution < -0.4 is 5.32 Å². The van der Waals surface area contributed by atoms with Crippen molar-refractivity contribution in [2.75, 3.05) is 11.9 Å². The predicted molar refractivity (Wildman–Crippen MR) is 47.1 cm³/mol. The molecule has 0 aliphatic carbocycles. The van der Waals surface area contributed by atoms with E-state index in [1.165, 1.54) is 12.7 Å². The minimum absolute atomic E-state index is 0. The number of ketones is 1. The van der Waals surface area contributed by atoms with Gasteiger partial charge in [0.1, 0.15) is 12.2 Å². The van der Waals surface area contributed by atoms with Crippen LogP contribution >= 0.6 is 12.4 Å². The molecule has 0 bridgehead atoms. The molecule has 0 radical (unpaired) electrons. The number of carbonyl (C=O) groups is 1. The Balaban J connectivity index is 0.000000720. The lowest BCUT2D eigenvalue weighted by molar-refractivity contribution is 0.0999. The summed E-state index contributed by atoms with van der Waals surface area (Å²) in [5.41, 5.74) is 0.502. The fraction of sp³-hybridized carbons (Fsp3) is 0.167. The van der Waals surface area contributed by atoms with Gasteiger partial charge in [-0.15, -0.1) is 12.4 Å². The van der Waals surface area contributed by atoms with Crippen LogP contribution in [0.1, 0.15) is 10.5 Å². The Kier molecular flexibility index (Phi) is 2.44. The number of aromatic nitrogens is 2. The van der Waals surface area contributed by atoms with E-state index in [2.05, 4.69) is 20.3 Å². The van der Waals surface area contributed by atoms with Gasteiger partial charge in [-0.3, -0.25) is 9.79 Å². The number of hydrogen-bond donors (Lipinski definition) is 2. The maximum Gasteiger partial charge on any atom is 0.204 e. The zero-order valence-corrected chi connectivity index (χ0v) is 6.89. The summed E-state index contributed by atoms with van der Waals surface area (Å²) in [7, 11) is 0. The highest BCUT2D eigenvalue weighted by atomic mass is 35.5. The SMILES string of the molecule is Cl.O=C1CN=CNc2nc[nH]c21. The second kappa shape index (κ2) is 3.36. The number of carbonyl (C=O) groups excluding carboxylic acids is 1. The summed E-state index contributed by atoms with van der Waals surface area (Å²) in [5.74, 6) is 0.509. The van der Waals surface area contributed by atoms with Crippen LogP contribution in [0, 0.1) is 0 Å². The van der Waals surface area contributed by atoms with Gasteiger partial charge in [0.25, 0.3) is 0 Å². The third kappa shape index (κ3) is 1.31. The lowest BCUT2D eigenvalue weighted by Gasteiger charge is -1.92. The van der Waals surface area contributed by atoms with Crippen LogP contribution in [0.15, 0.2) is 11.3 Å². The number of rotatable bonds is 0. The summed E-state index contributed by atoms with van der Waals surface area (Å²) in [4.78, 5) is 21.6. The molecule has 1 aromatic rings. The molecule has 0 fully saturated rings. The van der Waals surface area contributed by atoms with Crippen LogP contribution in [0.2, 0.25) is 0 Å². The standard InChI is InChI=1S/C6H6N4O.ClH/c11-4-1-7-2-9-6-5(4)8-3-10-6;/h2-3H,1H2,(H,7,9)(H,8,10);1H. The molecule has 0 amide bonds. The molecule has 1 aliphatic heterocycles. The van der Waals surface area contributed by atoms with Gasteiger partial charge < -0.3 is 10.3 Å². The first-order valence-electron chi connectivity index (χ1n) is 3.19. The van der Waals surface area contributed by atoms with Gasteiger partial charge >= 0.3 is 0 Å². The Morgan fingerprint density at radius 3 is 3.17 bits per heavy atom. The summed E-state index contributed by atoms with van der Waals surface area (Å²) in [6, 6.07) is 0. The number of fused-ring (bicyclic) bond motifs is 1. The van der Waals surface area contributed by atoms with Crippen molar-refractivity contribution in [2.24, 2.45) is 4.99 Å². The number of hydrogen-bond acceptors (Lipinski definition) is 4. The van der Waals surface area contributed by atoms with Crippen LogP contribution in [0.3, 0.4) is 0 Å². The summed E-state index contributed by atoms with van der Waals surface area (Å²) in [5, 5.41) is 2.78. The number of nitrogens with zero attached hydrogens (tertiary/aromatic N) is 2. The number of aliphatic imine (C=N–C) groups is 1. The van der Waals surface area contributed by atoms with Crippen molar-refractivity contribution in [3.8, 4) is 0 Å².